The Morgan fingerprint density at radius 1 is 1.38 bits per heavy atom. The van der Waals surface area contributed by atoms with Crippen molar-refractivity contribution in [3.8, 4) is 11.8 Å². The number of nitrogens with zero attached hydrogens (tertiary/aromatic N) is 2. The van der Waals surface area contributed by atoms with Crippen LogP contribution in [0.3, 0.4) is 0 Å². The number of hydrogen-bond donors (Lipinski definition) is 2. The lowest BCUT2D eigenvalue weighted by atomic mass is 9.98. The molecule has 2 atom stereocenters. The number of aliphatic hydroxyl groups is 2. The van der Waals surface area contributed by atoms with Crippen molar-refractivity contribution in [3.05, 3.63) is 29.6 Å². The third kappa shape index (κ3) is 2.65. The molecule has 0 saturated carbocycles. The van der Waals surface area contributed by atoms with E-state index in [2.05, 4.69) is 16.8 Å². The number of rotatable bonds is 1. The van der Waals surface area contributed by atoms with Crippen LogP contribution < -0.4 is 0 Å². The molecule has 1 amide bonds. The van der Waals surface area contributed by atoms with Gasteiger partial charge in [-0.15, -0.1) is 0 Å². The number of piperidine rings is 1. The van der Waals surface area contributed by atoms with Crippen LogP contribution in [0.5, 0.6) is 0 Å². The molecule has 5 nitrogen and oxygen atoms in total. The molecule has 3 heterocycles. The van der Waals surface area contributed by atoms with E-state index in [1.807, 2.05) is 4.90 Å². The Morgan fingerprint density at radius 3 is 2.76 bits per heavy atom. The van der Waals surface area contributed by atoms with Crippen LogP contribution in [-0.2, 0) is 0 Å². The Bertz CT molecular complexity index is 591. The van der Waals surface area contributed by atoms with E-state index in [1.54, 1.807) is 18.5 Å². The van der Waals surface area contributed by atoms with E-state index in [4.69, 9.17) is 5.11 Å². The molecule has 2 N–H and O–H groups in total. The topological polar surface area (TPSA) is 73.7 Å². The van der Waals surface area contributed by atoms with E-state index in [0.717, 1.165) is 12.8 Å². The summed E-state index contributed by atoms with van der Waals surface area (Å²) < 4.78 is 0. The normalized spacial score (nSPS) is 27.1. The highest BCUT2D eigenvalue weighted by Gasteiger charge is 2.43. The number of hydrogen-bond acceptors (Lipinski definition) is 4. The zero-order valence-electron chi connectivity index (χ0n) is 11.7. The molecule has 2 bridgehead atoms. The summed E-state index contributed by atoms with van der Waals surface area (Å²) in [4.78, 5) is 18.7. The molecular formula is C16H18N2O3. The predicted molar refractivity (Wildman–Crippen MR) is 76.4 cm³/mol. The van der Waals surface area contributed by atoms with E-state index in [9.17, 15) is 9.90 Å². The van der Waals surface area contributed by atoms with Crippen LogP contribution in [0.4, 0.5) is 0 Å². The van der Waals surface area contributed by atoms with Gasteiger partial charge in [0.2, 0.25) is 0 Å². The van der Waals surface area contributed by atoms with Gasteiger partial charge in [0.25, 0.3) is 5.91 Å². The summed E-state index contributed by atoms with van der Waals surface area (Å²) in [5, 5.41) is 18.6. The van der Waals surface area contributed by atoms with Crippen molar-refractivity contribution in [1.29, 1.82) is 0 Å². The number of carbonyl (C=O) groups is 1. The molecule has 1 aromatic heterocycles. The van der Waals surface area contributed by atoms with Gasteiger partial charge in [-0.2, -0.15) is 0 Å². The maximum Gasteiger partial charge on any atom is 0.255 e. The minimum atomic E-state index is -0.294. The zero-order valence-corrected chi connectivity index (χ0v) is 11.7. The fraction of sp³-hybridized carbons (Fsp3) is 0.500. The summed E-state index contributed by atoms with van der Waals surface area (Å²) >= 11 is 0. The molecule has 0 aliphatic carbocycles. The first-order chi connectivity index (χ1) is 10.2. The second kappa shape index (κ2) is 5.84. The number of amides is 1. The van der Waals surface area contributed by atoms with Crippen LogP contribution in [0, 0.1) is 11.8 Å². The van der Waals surface area contributed by atoms with Crippen molar-refractivity contribution >= 4 is 5.91 Å². The van der Waals surface area contributed by atoms with Gasteiger partial charge < -0.3 is 15.1 Å². The molecule has 21 heavy (non-hydrogen) atoms. The highest BCUT2D eigenvalue weighted by molar-refractivity contribution is 5.97. The van der Waals surface area contributed by atoms with Crippen molar-refractivity contribution in [2.24, 2.45) is 0 Å². The predicted octanol–water partition coefficient (Wildman–Crippen LogP) is 0.553. The van der Waals surface area contributed by atoms with E-state index < -0.39 is 0 Å². The van der Waals surface area contributed by atoms with Crippen LogP contribution in [-0.4, -0.2) is 50.8 Å². The van der Waals surface area contributed by atoms with Crippen LogP contribution in [0.25, 0.3) is 0 Å². The van der Waals surface area contributed by atoms with Gasteiger partial charge in [0, 0.05) is 24.5 Å². The molecule has 0 aromatic carbocycles. The zero-order chi connectivity index (χ0) is 14.8. The van der Waals surface area contributed by atoms with Crippen molar-refractivity contribution in [1.82, 2.24) is 9.88 Å². The van der Waals surface area contributed by atoms with Gasteiger partial charge in [-0.3, -0.25) is 9.78 Å². The standard InChI is InChI=1S/C16H18N2O3/c19-7-1-2-11-10-17-6-5-15(11)16(21)18-12-3-4-13(18)9-14(20)8-12/h5-6,10,12-14,19-20H,3-4,7-9H2. The fourth-order valence-electron chi connectivity index (χ4n) is 3.43. The number of fused-ring (bicyclic) bond motifs is 2. The quantitative estimate of drug-likeness (QED) is 0.740. The minimum absolute atomic E-state index is 0.0426. The van der Waals surface area contributed by atoms with Gasteiger partial charge in [-0.05, 0) is 31.7 Å². The molecule has 0 spiro atoms. The molecule has 2 fully saturated rings. The van der Waals surface area contributed by atoms with Gasteiger partial charge >= 0.3 is 0 Å². The smallest absolute Gasteiger partial charge is 0.255 e. The van der Waals surface area contributed by atoms with E-state index in [0.29, 0.717) is 24.0 Å². The van der Waals surface area contributed by atoms with Crippen molar-refractivity contribution < 1.29 is 15.0 Å². The summed E-state index contributed by atoms with van der Waals surface area (Å²) in [6, 6.07) is 1.92. The van der Waals surface area contributed by atoms with Gasteiger partial charge in [0.15, 0.2) is 0 Å². The number of pyridine rings is 1. The second-order valence-corrected chi connectivity index (χ2v) is 5.60. The van der Waals surface area contributed by atoms with E-state index >= 15 is 0 Å². The van der Waals surface area contributed by atoms with E-state index in [1.165, 1.54) is 0 Å². The molecule has 2 aliphatic heterocycles. The highest BCUT2D eigenvalue weighted by Crippen LogP contribution is 2.36. The Balaban J connectivity index is 1.90. The highest BCUT2D eigenvalue weighted by atomic mass is 16.3. The first kappa shape index (κ1) is 14.1. The van der Waals surface area contributed by atoms with Gasteiger partial charge in [-0.1, -0.05) is 11.8 Å². The second-order valence-electron chi connectivity index (χ2n) is 5.60. The Morgan fingerprint density at radius 2 is 2.10 bits per heavy atom. The van der Waals surface area contributed by atoms with Crippen LogP contribution in [0.1, 0.15) is 41.6 Å². The maximum absolute atomic E-state index is 12.8. The fourth-order valence-corrected chi connectivity index (χ4v) is 3.43. The summed E-state index contributed by atoms with van der Waals surface area (Å²) in [7, 11) is 0. The lowest BCUT2D eigenvalue weighted by molar-refractivity contribution is 0.0286. The molecule has 2 aliphatic rings. The summed E-state index contributed by atoms with van der Waals surface area (Å²) in [6.45, 7) is -0.246. The third-order valence-electron chi connectivity index (χ3n) is 4.30. The van der Waals surface area contributed by atoms with Crippen molar-refractivity contribution in [2.75, 3.05) is 6.61 Å². The Labute approximate surface area is 123 Å². The molecule has 2 unspecified atom stereocenters. The monoisotopic (exact) mass is 286 g/mol. The summed E-state index contributed by atoms with van der Waals surface area (Å²) in [6.07, 6.45) is 6.06. The van der Waals surface area contributed by atoms with Gasteiger partial charge in [0.1, 0.15) is 6.61 Å². The first-order valence-electron chi connectivity index (χ1n) is 7.25. The molecule has 2 saturated heterocycles. The largest absolute Gasteiger partial charge is 0.393 e. The molecule has 1 aromatic rings. The Kier molecular flexibility index (Phi) is 3.91. The van der Waals surface area contributed by atoms with Crippen molar-refractivity contribution in [3.63, 3.8) is 0 Å². The maximum atomic E-state index is 12.8. The average molecular weight is 286 g/mol. The van der Waals surface area contributed by atoms with Gasteiger partial charge in [-0.25, -0.2) is 0 Å². The molecule has 5 heteroatoms. The lowest BCUT2D eigenvalue weighted by Gasteiger charge is -2.37. The van der Waals surface area contributed by atoms with Crippen LogP contribution >= 0.6 is 0 Å². The van der Waals surface area contributed by atoms with Crippen LogP contribution in [0.2, 0.25) is 0 Å². The molecule has 110 valence electrons. The first-order valence-corrected chi connectivity index (χ1v) is 7.25. The lowest BCUT2D eigenvalue weighted by Crippen LogP contribution is -2.48. The molecular weight excluding hydrogens is 268 g/mol. The number of carbonyl (C=O) groups excluding carboxylic acids is 1. The van der Waals surface area contributed by atoms with Crippen molar-refractivity contribution in [2.45, 2.75) is 43.9 Å². The van der Waals surface area contributed by atoms with E-state index in [-0.39, 0.29) is 30.7 Å². The van der Waals surface area contributed by atoms with Crippen LogP contribution in [0.15, 0.2) is 18.5 Å². The summed E-state index contributed by atoms with van der Waals surface area (Å²) in [5.41, 5.74) is 1.07. The minimum Gasteiger partial charge on any atom is -0.393 e. The van der Waals surface area contributed by atoms with Gasteiger partial charge in [0.05, 0.1) is 17.2 Å². The number of aliphatic hydroxyl groups excluding tert-OH is 2. The SMILES string of the molecule is O=C(c1ccncc1C#CCO)N1C2CCC1CC(O)C2. The molecule has 3 rings (SSSR count). The number of aromatic nitrogens is 1. The third-order valence-corrected chi connectivity index (χ3v) is 4.30. The Hall–Kier alpha value is -1.90. The summed E-state index contributed by atoms with van der Waals surface area (Å²) in [5.74, 6) is 5.30. The average Bonchev–Trinajstić information content (AvgIpc) is 2.76. The molecule has 0 radical (unpaired) electrons.